The molecule has 0 aromatic carbocycles. The van der Waals surface area contributed by atoms with Crippen molar-refractivity contribution in [1.82, 2.24) is 0 Å². The molecule has 8 heteroatoms. The molecule has 0 saturated heterocycles. The van der Waals surface area contributed by atoms with Gasteiger partial charge in [0, 0.05) is 11.8 Å². The van der Waals surface area contributed by atoms with E-state index in [0.29, 0.717) is 23.0 Å². The summed E-state index contributed by atoms with van der Waals surface area (Å²) >= 11 is 0. The van der Waals surface area contributed by atoms with Gasteiger partial charge >= 0.3 is 40.0 Å². The second kappa shape index (κ2) is 8.17. The van der Waals surface area contributed by atoms with Crippen molar-refractivity contribution < 1.29 is 27.4 Å². The number of fused-ring (bicyclic) bond motifs is 5. The van der Waals surface area contributed by atoms with Crippen LogP contribution in [0.4, 0.5) is 0 Å². The number of aliphatic hydroxyl groups excluding tert-OH is 1. The maximum atomic E-state index is 12.4. The molecule has 0 spiro atoms. The summed E-state index contributed by atoms with van der Waals surface area (Å²) in [6, 6.07) is 0. The molecule has 0 bridgehead atoms. The van der Waals surface area contributed by atoms with E-state index >= 15 is 0 Å². The molecule has 0 heterocycles. The van der Waals surface area contributed by atoms with Crippen molar-refractivity contribution in [2.45, 2.75) is 71.3 Å². The van der Waals surface area contributed by atoms with Crippen LogP contribution in [0.1, 0.15) is 65.2 Å². The van der Waals surface area contributed by atoms with Crippen molar-refractivity contribution in [2.75, 3.05) is 0 Å². The predicted molar refractivity (Wildman–Crippen MR) is 104 cm³/mol. The summed E-state index contributed by atoms with van der Waals surface area (Å²) in [5, 5.41) is 10.00. The Morgan fingerprint density at radius 1 is 1.04 bits per heavy atom. The molecule has 3 fully saturated rings. The maximum absolute atomic E-state index is 12.4. The van der Waals surface area contributed by atoms with Crippen LogP contribution in [0.3, 0.4) is 0 Å². The van der Waals surface area contributed by atoms with Gasteiger partial charge in [-0.15, -0.1) is 0 Å². The molecule has 6 atom stereocenters. The molecule has 0 aromatic rings. The summed E-state index contributed by atoms with van der Waals surface area (Å²) in [5.41, 5.74) is 1.81. The zero-order valence-electron chi connectivity index (χ0n) is 15.5. The summed E-state index contributed by atoms with van der Waals surface area (Å²) in [7, 11) is -4.67. The third-order valence-corrected chi connectivity index (χ3v) is 7.79. The molecule has 3 N–H and O–H groups in total. The molecule has 0 aromatic heterocycles. The van der Waals surface area contributed by atoms with E-state index in [1.807, 2.05) is 0 Å². The normalized spacial score (nSPS) is 43.1. The number of allylic oxidation sites excluding steroid dienone is 1. The number of ketones is 1. The number of carbonyl (C=O) groups is 1. The van der Waals surface area contributed by atoms with Crippen LogP contribution in [0.2, 0.25) is 0 Å². The fourth-order valence-corrected chi connectivity index (χ4v) is 6.41. The van der Waals surface area contributed by atoms with Crippen LogP contribution in [0.25, 0.3) is 0 Å². The monoisotopic (exact) mass is 410 g/mol. The molecular formula is C19H31NaO6S. The van der Waals surface area contributed by atoms with Gasteiger partial charge in [-0.25, -0.2) is 0 Å². The Morgan fingerprint density at radius 3 is 2.22 bits per heavy atom. The van der Waals surface area contributed by atoms with E-state index < -0.39 is 10.4 Å². The van der Waals surface area contributed by atoms with Gasteiger partial charge in [-0.3, -0.25) is 13.9 Å². The number of aliphatic hydroxyl groups is 1. The van der Waals surface area contributed by atoms with E-state index in [2.05, 4.69) is 19.9 Å². The van der Waals surface area contributed by atoms with Crippen molar-refractivity contribution in [3.8, 4) is 0 Å². The van der Waals surface area contributed by atoms with E-state index in [1.54, 1.807) is 0 Å². The molecular weight excluding hydrogens is 379 g/mol. The van der Waals surface area contributed by atoms with Gasteiger partial charge in [0.25, 0.3) is 0 Å². The first kappa shape index (κ1) is 23.5. The van der Waals surface area contributed by atoms with Crippen LogP contribution in [-0.2, 0) is 15.2 Å². The Kier molecular flexibility index (Phi) is 7.11. The topological polar surface area (TPSA) is 112 Å². The quantitative estimate of drug-likeness (QED) is 0.321. The first-order chi connectivity index (χ1) is 11.9. The standard InChI is InChI=1S/C19H28O2.Na.H2O4S.H/c1-18-9-7-13(20)11-12(18)3-4-14-15-5-6-17(21)19(15,2)10-8-16(14)18;;1-5(2,3)4;/h3,13-16,20H,4-11H2,1-2H3;;(H2,1,2,3,4);/t13-,14-,15-,16-,18-,19-;;;/m0.../s1. The number of hydrogen-bond donors (Lipinski definition) is 3. The van der Waals surface area contributed by atoms with Gasteiger partial charge in [-0.05, 0) is 68.1 Å². The molecule has 0 amide bonds. The predicted octanol–water partition coefficient (Wildman–Crippen LogP) is 2.58. The Morgan fingerprint density at radius 2 is 1.59 bits per heavy atom. The first-order valence-corrected chi connectivity index (χ1v) is 11.0. The average Bonchev–Trinajstić information content (AvgIpc) is 2.82. The molecule has 150 valence electrons. The molecule has 0 unspecified atom stereocenters. The minimum atomic E-state index is -4.67. The Balaban J connectivity index is 0.000000390. The fourth-order valence-electron chi connectivity index (χ4n) is 6.41. The fraction of sp³-hybridized carbons (Fsp3) is 0.842. The van der Waals surface area contributed by atoms with Crippen LogP contribution in [-0.4, -0.2) is 64.1 Å². The van der Waals surface area contributed by atoms with E-state index in [-0.39, 0.29) is 41.1 Å². The van der Waals surface area contributed by atoms with E-state index in [1.165, 1.54) is 12.0 Å². The number of hydrogen-bond acceptors (Lipinski definition) is 4. The zero-order chi connectivity index (χ0) is 19.3. The summed E-state index contributed by atoms with van der Waals surface area (Å²) in [5.74, 6) is 2.60. The number of carbonyl (C=O) groups excluding carboxylic acids is 1. The molecule has 4 aliphatic rings. The van der Waals surface area contributed by atoms with Gasteiger partial charge < -0.3 is 5.11 Å². The van der Waals surface area contributed by atoms with E-state index in [9.17, 15) is 9.90 Å². The third kappa shape index (κ3) is 4.55. The second-order valence-corrected chi connectivity index (χ2v) is 9.92. The average molecular weight is 411 g/mol. The van der Waals surface area contributed by atoms with Crippen LogP contribution in [0.15, 0.2) is 11.6 Å². The second-order valence-electron chi connectivity index (χ2n) is 9.02. The minimum absolute atomic E-state index is 0. The SMILES string of the molecule is C[C@]12CC[C@H](O)CC1=CC[C@@H]1[C@@H]2CC[C@]2(C)C(=O)CC[C@@H]12.O=S(=O)(O)O.[NaH]. The van der Waals surface area contributed by atoms with Crippen LogP contribution < -0.4 is 0 Å². The van der Waals surface area contributed by atoms with Gasteiger partial charge in [0.2, 0.25) is 0 Å². The molecule has 6 nitrogen and oxygen atoms in total. The van der Waals surface area contributed by atoms with Crippen molar-refractivity contribution in [1.29, 1.82) is 0 Å². The van der Waals surface area contributed by atoms with Crippen molar-refractivity contribution in [3.05, 3.63) is 11.6 Å². The number of rotatable bonds is 0. The van der Waals surface area contributed by atoms with Crippen LogP contribution >= 0.6 is 0 Å². The van der Waals surface area contributed by atoms with Gasteiger partial charge in [0.15, 0.2) is 0 Å². The summed E-state index contributed by atoms with van der Waals surface area (Å²) in [6.45, 7) is 4.69. The molecule has 27 heavy (non-hydrogen) atoms. The first-order valence-electron chi connectivity index (χ1n) is 9.56. The summed E-state index contributed by atoms with van der Waals surface area (Å²) in [6.07, 6.45) is 10.7. The van der Waals surface area contributed by atoms with Crippen molar-refractivity contribution in [2.24, 2.45) is 28.6 Å². The molecule has 4 rings (SSSR count). The van der Waals surface area contributed by atoms with Crippen LogP contribution in [0.5, 0.6) is 0 Å². The van der Waals surface area contributed by atoms with Crippen molar-refractivity contribution >= 4 is 45.7 Å². The van der Waals surface area contributed by atoms with Gasteiger partial charge in [0.1, 0.15) is 5.78 Å². The molecule has 3 saturated carbocycles. The van der Waals surface area contributed by atoms with Gasteiger partial charge in [0.05, 0.1) is 6.10 Å². The third-order valence-electron chi connectivity index (χ3n) is 7.79. The number of Topliss-reactive ketones (excluding diaryl/α,β-unsaturated/α-hetero) is 1. The van der Waals surface area contributed by atoms with E-state index in [0.717, 1.165) is 50.9 Å². The Hall–Kier alpha value is 0.240. The Labute approximate surface area is 184 Å². The molecule has 0 aliphatic heterocycles. The molecule has 4 aliphatic carbocycles. The van der Waals surface area contributed by atoms with Crippen LogP contribution in [0, 0.1) is 28.6 Å². The zero-order valence-corrected chi connectivity index (χ0v) is 16.3. The summed E-state index contributed by atoms with van der Waals surface area (Å²) < 4.78 is 31.6. The van der Waals surface area contributed by atoms with Gasteiger partial charge in [-0.2, -0.15) is 8.42 Å². The molecule has 0 radical (unpaired) electrons. The Bertz CT molecular complexity index is 712. The van der Waals surface area contributed by atoms with E-state index in [4.69, 9.17) is 17.5 Å². The summed E-state index contributed by atoms with van der Waals surface area (Å²) in [4.78, 5) is 12.4. The van der Waals surface area contributed by atoms with Crippen molar-refractivity contribution in [3.63, 3.8) is 0 Å². The van der Waals surface area contributed by atoms with Gasteiger partial charge in [-0.1, -0.05) is 25.5 Å².